The lowest BCUT2D eigenvalue weighted by Crippen LogP contribution is -2.47. The average Bonchev–Trinajstić information content (AvgIpc) is 3.02. The smallest absolute Gasteiger partial charge is 0.268 e. The van der Waals surface area contributed by atoms with Crippen molar-refractivity contribution in [3.8, 4) is 11.5 Å². The van der Waals surface area contributed by atoms with E-state index in [-0.39, 0.29) is 11.7 Å². The van der Waals surface area contributed by atoms with Gasteiger partial charge >= 0.3 is 0 Å². The maximum Gasteiger partial charge on any atom is 0.268 e. The zero-order chi connectivity index (χ0) is 19.4. The molecule has 1 aliphatic rings. The first-order valence-electron chi connectivity index (χ1n) is 8.49. The number of methoxy groups -OCH3 is 1. The lowest BCUT2D eigenvalue weighted by Gasteiger charge is -2.30. The second-order valence-electron chi connectivity index (χ2n) is 6.20. The molecule has 0 spiro atoms. The van der Waals surface area contributed by atoms with E-state index in [0.29, 0.717) is 17.2 Å². The van der Waals surface area contributed by atoms with Crippen molar-refractivity contribution in [3.05, 3.63) is 66.1 Å². The van der Waals surface area contributed by atoms with E-state index in [0.717, 1.165) is 5.41 Å². The van der Waals surface area contributed by atoms with E-state index >= 15 is 0 Å². The van der Waals surface area contributed by atoms with Gasteiger partial charge in [-0.15, -0.1) is 0 Å². The average molecular weight is 387 g/mol. The van der Waals surface area contributed by atoms with Crippen molar-refractivity contribution >= 4 is 21.4 Å². The van der Waals surface area contributed by atoms with Crippen LogP contribution in [0.3, 0.4) is 0 Å². The SMILES string of the molecule is COc1ccc(N(C(=O)[C@@H](C)Oc2ccccc2)[C@H]2C=CS(=O)(=O)C2)cc1. The summed E-state index contributed by atoms with van der Waals surface area (Å²) in [6, 6.07) is 15.4. The summed E-state index contributed by atoms with van der Waals surface area (Å²) in [7, 11) is -1.76. The van der Waals surface area contributed by atoms with Crippen LogP contribution in [0.25, 0.3) is 0 Å². The van der Waals surface area contributed by atoms with E-state index < -0.39 is 22.0 Å². The van der Waals surface area contributed by atoms with Gasteiger partial charge in [-0.25, -0.2) is 8.42 Å². The number of hydrogen-bond donors (Lipinski definition) is 0. The summed E-state index contributed by atoms with van der Waals surface area (Å²) in [4.78, 5) is 14.6. The Labute approximate surface area is 158 Å². The lowest BCUT2D eigenvalue weighted by molar-refractivity contribution is -0.124. The standard InChI is InChI=1S/C20H21NO5S/c1-15(26-19-6-4-3-5-7-19)20(22)21(17-12-13-27(23,24)14-17)16-8-10-18(25-2)11-9-16/h3-13,15,17H,14H2,1-2H3/t15-,17+/m1/s1. The van der Waals surface area contributed by atoms with E-state index in [9.17, 15) is 13.2 Å². The Bertz CT molecular complexity index is 923. The number of rotatable bonds is 6. The molecular weight excluding hydrogens is 366 g/mol. The van der Waals surface area contributed by atoms with E-state index in [1.54, 1.807) is 50.4 Å². The third-order valence-electron chi connectivity index (χ3n) is 4.23. The summed E-state index contributed by atoms with van der Waals surface area (Å²) in [5.41, 5.74) is 0.580. The maximum atomic E-state index is 13.1. The molecule has 1 heterocycles. The summed E-state index contributed by atoms with van der Waals surface area (Å²) in [6.45, 7) is 1.65. The third-order valence-corrected chi connectivity index (χ3v) is 5.61. The fraction of sp³-hybridized carbons (Fsp3) is 0.250. The Kier molecular flexibility index (Phi) is 5.51. The Morgan fingerprint density at radius 2 is 1.74 bits per heavy atom. The highest BCUT2D eigenvalue weighted by Crippen LogP contribution is 2.26. The van der Waals surface area contributed by atoms with Gasteiger partial charge in [0.05, 0.1) is 18.9 Å². The topological polar surface area (TPSA) is 72.9 Å². The summed E-state index contributed by atoms with van der Waals surface area (Å²) in [5.74, 6) is 0.746. The van der Waals surface area contributed by atoms with Crippen LogP contribution in [0.4, 0.5) is 5.69 Å². The zero-order valence-electron chi connectivity index (χ0n) is 15.1. The molecule has 2 atom stereocenters. The van der Waals surface area contributed by atoms with E-state index in [4.69, 9.17) is 9.47 Å². The second kappa shape index (κ2) is 7.84. The summed E-state index contributed by atoms with van der Waals surface area (Å²) in [6.07, 6.45) is 0.749. The molecule has 0 fully saturated rings. The first-order chi connectivity index (χ1) is 12.9. The Morgan fingerprint density at radius 3 is 2.30 bits per heavy atom. The second-order valence-corrected chi connectivity index (χ2v) is 8.14. The third kappa shape index (κ3) is 4.49. The molecule has 0 bridgehead atoms. The quantitative estimate of drug-likeness (QED) is 0.762. The zero-order valence-corrected chi connectivity index (χ0v) is 15.9. The van der Waals surface area contributed by atoms with E-state index in [1.165, 1.54) is 11.0 Å². The molecule has 3 rings (SSSR count). The number of para-hydroxylation sites is 1. The maximum absolute atomic E-state index is 13.1. The fourth-order valence-electron chi connectivity index (χ4n) is 2.89. The predicted octanol–water partition coefficient (Wildman–Crippen LogP) is 2.81. The van der Waals surface area contributed by atoms with Gasteiger partial charge in [0.1, 0.15) is 11.5 Å². The predicted molar refractivity (Wildman–Crippen MR) is 104 cm³/mol. The van der Waals surface area contributed by atoms with Crippen LogP contribution in [0, 0.1) is 0 Å². The molecule has 27 heavy (non-hydrogen) atoms. The molecule has 0 aromatic heterocycles. The molecule has 0 saturated heterocycles. The molecule has 6 nitrogen and oxygen atoms in total. The molecule has 0 aliphatic carbocycles. The van der Waals surface area contributed by atoms with Gasteiger partial charge in [0.2, 0.25) is 0 Å². The van der Waals surface area contributed by atoms with Gasteiger partial charge in [0.25, 0.3) is 5.91 Å². The van der Waals surface area contributed by atoms with Crippen LogP contribution in [-0.2, 0) is 14.6 Å². The first kappa shape index (κ1) is 19.0. The number of anilines is 1. The van der Waals surface area contributed by atoms with Gasteiger partial charge in [-0.2, -0.15) is 0 Å². The van der Waals surface area contributed by atoms with Gasteiger partial charge in [0, 0.05) is 11.1 Å². The molecule has 142 valence electrons. The van der Waals surface area contributed by atoms with Crippen LogP contribution < -0.4 is 14.4 Å². The first-order valence-corrected chi connectivity index (χ1v) is 10.2. The minimum absolute atomic E-state index is 0.150. The van der Waals surface area contributed by atoms with Crippen molar-refractivity contribution in [2.45, 2.75) is 19.1 Å². The molecule has 0 N–H and O–H groups in total. The van der Waals surface area contributed by atoms with Crippen molar-refractivity contribution in [3.63, 3.8) is 0 Å². The number of carbonyl (C=O) groups is 1. The molecule has 7 heteroatoms. The number of benzene rings is 2. The number of nitrogens with zero attached hydrogens (tertiary/aromatic N) is 1. The largest absolute Gasteiger partial charge is 0.497 e. The van der Waals surface area contributed by atoms with Crippen LogP contribution in [0.1, 0.15) is 6.92 Å². The lowest BCUT2D eigenvalue weighted by atomic mass is 10.1. The van der Waals surface area contributed by atoms with Crippen LogP contribution in [-0.4, -0.2) is 39.3 Å². The minimum Gasteiger partial charge on any atom is -0.497 e. The Morgan fingerprint density at radius 1 is 1.07 bits per heavy atom. The van der Waals surface area contributed by atoms with Crippen LogP contribution in [0.2, 0.25) is 0 Å². The van der Waals surface area contributed by atoms with Crippen LogP contribution >= 0.6 is 0 Å². The summed E-state index contributed by atoms with van der Waals surface area (Å²) < 4.78 is 34.7. The van der Waals surface area contributed by atoms with Crippen molar-refractivity contribution < 1.29 is 22.7 Å². The summed E-state index contributed by atoms with van der Waals surface area (Å²) in [5, 5.41) is 1.16. The molecule has 1 amide bonds. The van der Waals surface area contributed by atoms with Crippen molar-refractivity contribution in [2.75, 3.05) is 17.8 Å². The van der Waals surface area contributed by atoms with E-state index in [2.05, 4.69) is 0 Å². The van der Waals surface area contributed by atoms with Gasteiger partial charge in [-0.05, 0) is 49.4 Å². The van der Waals surface area contributed by atoms with Crippen molar-refractivity contribution in [2.24, 2.45) is 0 Å². The molecule has 2 aromatic rings. The minimum atomic E-state index is -3.32. The normalized spacial score (nSPS) is 18.7. The van der Waals surface area contributed by atoms with Gasteiger partial charge in [-0.3, -0.25) is 4.79 Å². The monoisotopic (exact) mass is 387 g/mol. The highest BCUT2D eigenvalue weighted by molar-refractivity contribution is 7.94. The molecule has 0 saturated carbocycles. The molecule has 0 radical (unpaired) electrons. The van der Waals surface area contributed by atoms with Gasteiger partial charge in [0.15, 0.2) is 15.9 Å². The molecule has 2 aromatic carbocycles. The molecule has 1 aliphatic heterocycles. The Balaban J connectivity index is 1.88. The number of hydrogen-bond acceptors (Lipinski definition) is 5. The number of sulfone groups is 1. The highest BCUT2D eigenvalue weighted by Gasteiger charge is 2.34. The van der Waals surface area contributed by atoms with Gasteiger partial charge in [-0.1, -0.05) is 18.2 Å². The highest BCUT2D eigenvalue weighted by atomic mass is 32.2. The summed E-state index contributed by atoms with van der Waals surface area (Å²) >= 11 is 0. The number of amides is 1. The molecular formula is C20H21NO5S. The number of carbonyl (C=O) groups excluding carboxylic acids is 1. The van der Waals surface area contributed by atoms with Gasteiger partial charge < -0.3 is 14.4 Å². The van der Waals surface area contributed by atoms with Crippen molar-refractivity contribution in [1.82, 2.24) is 0 Å². The number of ether oxygens (including phenoxy) is 2. The van der Waals surface area contributed by atoms with Crippen LogP contribution in [0.5, 0.6) is 11.5 Å². The van der Waals surface area contributed by atoms with Crippen molar-refractivity contribution in [1.29, 1.82) is 0 Å². The Hall–Kier alpha value is -2.80. The van der Waals surface area contributed by atoms with Crippen LogP contribution in [0.15, 0.2) is 66.1 Å². The fourth-order valence-corrected chi connectivity index (χ4v) is 4.16. The van der Waals surface area contributed by atoms with E-state index in [1.807, 2.05) is 18.2 Å². The molecule has 0 unspecified atom stereocenters.